The predicted octanol–water partition coefficient (Wildman–Crippen LogP) is 4.10. The fraction of sp³-hybridized carbons (Fsp3) is 0.500. The standard InChI is InChI=1S/C22H28N4O3/c1-14-24-17(13-29-14)10-23-21-8-16-11-26(18-6-4-15(12-27)5-7-18)25-20(16)9-19(21)22(2,3)28/h8-9,11-13,15,18,23,28H,4-7,10H2,1-3H3/t15-,18-. The lowest BCUT2D eigenvalue weighted by atomic mass is 9.87. The Hall–Kier alpha value is -2.67. The molecule has 7 nitrogen and oxygen atoms in total. The molecule has 29 heavy (non-hydrogen) atoms. The molecular weight excluding hydrogens is 368 g/mol. The van der Waals surface area contributed by atoms with E-state index in [9.17, 15) is 9.90 Å². The number of hydrogen-bond donors (Lipinski definition) is 2. The smallest absolute Gasteiger partial charge is 0.191 e. The van der Waals surface area contributed by atoms with Crippen molar-refractivity contribution in [3.63, 3.8) is 0 Å². The van der Waals surface area contributed by atoms with E-state index in [1.54, 1.807) is 20.1 Å². The van der Waals surface area contributed by atoms with Gasteiger partial charge in [-0.15, -0.1) is 0 Å². The molecule has 0 bridgehead atoms. The third-order valence-electron chi connectivity index (χ3n) is 5.75. The number of nitrogens with one attached hydrogen (secondary N) is 1. The molecule has 1 aromatic carbocycles. The number of hydrogen-bond acceptors (Lipinski definition) is 6. The van der Waals surface area contributed by atoms with Crippen LogP contribution in [0.5, 0.6) is 0 Å². The summed E-state index contributed by atoms with van der Waals surface area (Å²) >= 11 is 0. The van der Waals surface area contributed by atoms with Gasteiger partial charge in [0.2, 0.25) is 0 Å². The van der Waals surface area contributed by atoms with Crippen LogP contribution in [0.15, 0.2) is 29.0 Å². The highest BCUT2D eigenvalue weighted by Crippen LogP contribution is 2.35. The number of aliphatic hydroxyl groups is 1. The summed E-state index contributed by atoms with van der Waals surface area (Å²) in [5, 5.41) is 19.9. The maximum Gasteiger partial charge on any atom is 0.191 e. The first kappa shape index (κ1) is 19.6. The van der Waals surface area contributed by atoms with Crippen molar-refractivity contribution in [2.45, 2.75) is 64.6 Å². The maximum absolute atomic E-state index is 11.0. The lowest BCUT2D eigenvalue weighted by Gasteiger charge is -2.25. The normalized spacial score (nSPS) is 20.1. The molecule has 0 aliphatic heterocycles. The Labute approximate surface area is 170 Å². The number of nitrogens with zero attached hydrogens (tertiary/aromatic N) is 3. The van der Waals surface area contributed by atoms with Gasteiger partial charge in [0.05, 0.1) is 29.4 Å². The van der Waals surface area contributed by atoms with Gasteiger partial charge in [-0.25, -0.2) is 4.98 Å². The lowest BCUT2D eigenvalue weighted by molar-refractivity contribution is -0.112. The van der Waals surface area contributed by atoms with E-state index in [1.807, 2.05) is 23.7 Å². The highest BCUT2D eigenvalue weighted by atomic mass is 16.3. The first-order chi connectivity index (χ1) is 13.8. The van der Waals surface area contributed by atoms with Crippen LogP contribution in [0.2, 0.25) is 0 Å². The van der Waals surface area contributed by atoms with Gasteiger partial charge in [0, 0.05) is 35.7 Å². The number of carbonyl (C=O) groups is 1. The van der Waals surface area contributed by atoms with E-state index in [2.05, 4.69) is 16.5 Å². The number of rotatable bonds is 6. The van der Waals surface area contributed by atoms with Crippen molar-refractivity contribution in [2.24, 2.45) is 5.92 Å². The molecule has 1 aliphatic carbocycles. The maximum atomic E-state index is 11.0. The molecular formula is C22H28N4O3. The summed E-state index contributed by atoms with van der Waals surface area (Å²) < 4.78 is 7.30. The van der Waals surface area contributed by atoms with Crippen LogP contribution in [0.3, 0.4) is 0 Å². The Morgan fingerprint density at radius 3 is 2.69 bits per heavy atom. The first-order valence-electron chi connectivity index (χ1n) is 10.2. The minimum absolute atomic E-state index is 0.189. The minimum Gasteiger partial charge on any atom is -0.449 e. The van der Waals surface area contributed by atoms with E-state index in [-0.39, 0.29) is 5.92 Å². The van der Waals surface area contributed by atoms with Crippen molar-refractivity contribution < 1.29 is 14.3 Å². The molecule has 1 fully saturated rings. The molecule has 1 aliphatic rings. The number of benzene rings is 1. The van der Waals surface area contributed by atoms with Crippen LogP contribution in [0.1, 0.15) is 62.7 Å². The number of carbonyl (C=O) groups excluding carboxylic acids is 1. The summed E-state index contributed by atoms with van der Waals surface area (Å²) in [6.45, 7) is 5.87. The second kappa shape index (κ2) is 7.63. The molecule has 0 unspecified atom stereocenters. The summed E-state index contributed by atoms with van der Waals surface area (Å²) in [6, 6.07) is 4.31. The number of anilines is 1. The van der Waals surface area contributed by atoms with Crippen molar-refractivity contribution in [3.8, 4) is 0 Å². The molecule has 7 heteroatoms. The predicted molar refractivity (Wildman–Crippen MR) is 111 cm³/mol. The SMILES string of the molecule is Cc1nc(CNc2cc3cn([C@H]4CC[C@H](C=O)CC4)nc3cc2C(C)(C)O)co1. The first-order valence-corrected chi connectivity index (χ1v) is 10.2. The van der Waals surface area contributed by atoms with E-state index in [1.165, 1.54) is 0 Å². The highest BCUT2D eigenvalue weighted by Gasteiger charge is 2.25. The van der Waals surface area contributed by atoms with Crippen molar-refractivity contribution >= 4 is 22.9 Å². The topological polar surface area (TPSA) is 93.2 Å². The van der Waals surface area contributed by atoms with Crippen molar-refractivity contribution in [2.75, 3.05) is 5.32 Å². The summed E-state index contributed by atoms with van der Waals surface area (Å²) in [5.41, 5.74) is 2.31. The van der Waals surface area contributed by atoms with Crippen LogP contribution in [-0.2, 0) is 16.9 Å². The molecule has 2 N–H and O–H groups in total. The fourth-order valence-electron chi connectivity index (χ4n) is 4.11. The Morgan fingerprint density at radius 1 is 1.31 bits per heavy atom. The van der Waals surface area contributed by atoms with E-state index in [0.717, 1.165) is 59.8 Å². The van der Waals surface area contributed by atoms with Gasteiger partial charge in [-0.05, 0) is 51.7 Å². The molecule has 0 spiro atoms. The Bertz CT molecular complexity index is 1010. The van der Waals surface area contributed by atoms with Crippen molar-refractivity contribution in [1.29, 1.82) is 0 Å². The van der Waals surface area contributed by atoms with Gasteiger partial charge in [0.1, 0.15) is 12.5 Å². The quantitative estimate of drug-likeness (QED) is 0.609. The van der Waals surface area contributed by atoms with Gasteiger partial charge in [-0.3, -0.25) is 4.68 Å². The number of oxazole rings is 1. The number of fused-ring (bicyclic) bond motifs is 1. The highest BCUT2D eigenvalue weighted by molar-refractivity contribution is 5.84. The van der Waals surface area contributed by atoms with Gasteiger partial charge in [-0.1, -0.05) is 0 Å². The second-order valence-corrected chi connectivity index (χ2v) is 8.54. The number of aldehydes is 1. The molecule has 0 radical (unpaired) electrons. The minimum atomic E-state index is -1.01. The zero-order valence-corrected chi connectivity index (χ0v) is 17.2. The van der Waals surface area contributed by atoms with Gasteiger partial charge in [-0.2, -0.15) is 5.10 Å². The van der Waals surface area contributed by atoms with Crippen LogP contribution >= 0.6 is 0 Å². The summed E-state index contributed by atoms with van der Waals surface area (Å²) in [6.07, 6.45) is 8.56. The molecule has 2 aromatic heterocycles. The van der Waals surface area contributed by atoms with Gasteiger partial charge >= 0.3 is 0 Å². The molecule has 0 amide bonds. The largest absolute Gasteiger partial charge is 0.449 e. The van der Waals surface area contributed by atoms with E-state index < -0.39 is 5.60 Å². The molecule has 154 valence electrons. The van der Waals surface area contributed by atoms with Gasteiger partial charge in [0.15, 0.2) is 5.89 Å². The Balaban J connectivity index is 1.62. The van der Waals surface area contributed by atoms with Crippen LogP contribution in [-0.4, -0.2) is 26.2 Å². The van der Waals surface area contributed by atoms with Crippen LogP contribution in [0, 0.1) is 12.8 Å². The monoisotopic (exact) mass is 396 g/mol. The lowest BCUT2D eigenvalue weighted by Crippen LogP contribution is -2.19. The zero-order valence-electron chi connectivity index (χ0n) is 17.2. The molecule has 0 saturated heterocycles. The fourth-order valence-corrected chi connectivity index (χ4v) is 4.11. The summed E-state index contributed by atoms with van der Waals surface area (Å²) in [7, 11) is 0. The molecule has 2 heterocycles. The molecule has 4 rings (SSSR count). The molecule has 3 aromatic rings. The van der Waals surface area contributed by atoms with E-state index in [4.69, 9.17) is 9.52 Å². The Kier molecular flexibility index (Phi) is 5.17. The summed E-state index contributed by atoms with van der Waals surface area (Å²) in [5.74, 6) is 0.819. The average molecular weight is 396 g/mol. The molecule has 1 saturated carbocycles. The van der Waals surface area contributed by atoms with E-state index in [0.29, 0.717) is 18.5 Å². The summed E-state index contributed by atoms with van der Waals surface area (Å²) in [4.78, 5) is 15.3. The third-order valence-corrected chi connectivity index (χ3v) is 5.75. The third kappa shape index (κ3) is 4.19. The van der Waals surface area contributed by atoms with E-state index >= 15 is 0 Å². The van der Waals surface area contributed by atoms with Gasteiger partial charge < -0.3 is 19.6 Å². The second-order valence-electron chi connectivity index (χ2n) is 8.54. The van der Waals surface area contributed by atoms with Crippen LogP contribution in [0.4, 0.5) is 5.69 Å². The number of aromatic nitrogens is 3. The molecule has 0 atom stereocenters. The average Bonchev–Trinajstić information content (AvgIpc) is 3.30. The zero-order chi connectivity index (χ0) is 20.6. The number of aryl methyl sites for hydroxylation is 1. The Morgan fingerprint density at radius 2 is 2.07 bits per heavy atom. The van der Waals surface area contributed by atoms with Crippen molar-refractivity contribution in [3.05, 3.63) is 41.7 Å². The van der Waals surface area contributed by atoms with Crippen LogP contribution < -0.4 is 5.32 Å². The van der Waals surface area contributed by atoms with Crippen molar-refractivity contribution in [1.82, 2.24) is 14.8 Å². The van der Waals surface area contributed by atoms with Crippen LogP contribution in [0.25, 0.3) is 10.9 Å². The van der Waals surface area contributed by atoms with Gasteiger partial charge in [0.25, 0.3) is 0 Å².